The lowest BCUT2D eigenvalue weighted by Gasteiger charge is -2.26. The Morgan fingerprint density at radius 1 is 0.529 bits per heavy atom. The number of rotatable bonds is 4. The summed E-state index contributed by atoms with van der Waals surface area (Å²) >= 11 is 0. The molecule has 2 unspecified atom stereocenters. The first-order valence-electron chi connectivity index (χ1n) is 11.8. The van der Waals surface area contributed by atoms with E-state index in [0.29, 0.717) is 24.3 Å². The molecule has 168 valence electrons. The van der Waals surface area contributed by atoms with Gasteiger partial charge in [0, 0.05) is 21.9 Å². The van der Waals surface area contributed by atoms with E-state index in [1.165, 1.54) is 0 Å². The van der Waals surface area contributed by atoms with Gasteiger partial charge >= 0.3 is 0 Å². The van der Waals surface area contributed by atoms with Crippen LogP contribution >= 0.6 is 0 Å². The third-order valence-electron chi connectivity index (χ3n) is 6.88. The molecule has 0 fully saturated rings. The molecule has 0 saturated carbocycles. The zero-order chi connectivity index (χ0) is 23.1. The molecule has 4 aromatic carbocycles. The highest BCUT2D eigenvalue weighted by atomic mass is 16.5. The maximum atomic E-state index is 13.0. The van der Waals surface area contributed by atoms with Gasteiger partial charge in [0.15, 0.2) is 12.2 Å². The molecule has 0 saturated heterocycles. The number of Topliss-reactive ketones (excluding diaryl/α,β-unsaturated/α-hetero) is 2. The number of hydrogen-bond acceptors (Lipinski definition) is 4. The molecular weight excluding hydrogens is 424 g/mol. The molecule has 0 aromatic heterocycles. The van der Waals surface area contributed by atoms with Crippen LogP contribution in [0.2, 0.25) is 0 Å². The zero-order valence-electron chi connectivity index (χ0n) is 18.7. The van der Waals surface area contributed by atoms with E-state index < -0.39 is 12.2 Å². The normalized spacial score (nSPS) is 19.4. The largest absolute Gasteiger partial charge is 0.482 e. The van der Waals surface area contributed by atoms with Crippen LogP contribution in [0.3, 0.4) is 0 Å². The average Bonchev–Trinajstić information content (AvgIpc) is 2.88. The summed E-state index contributed by atoms with van der Waals surface area (Å²) in [7, 11) is 0. The van der Waals surface area contributed by atoms with Gasteiger partial charge in [0.25, 0.3) is 0 Å². The van der Waals surface area contributed by atoms with Crippen molar-refractivity contribution in [3.63, 3.8) is 0 Å². The highest BCUT2D eigenvalue weighted by molar-refractivity contribution is 6.03. The number of ketones is 2. The van der Waals surface area contributed by atoms with Crippen LogP contribution in [0.15, 0.2) is 84.9 Å². The van der Waals surface area contributed by atoms with Gasteiger partial charge in [-0.15, -0.1) is 0 Å². The second kappa shape index (κ2) is 8.45. The summed E-state index contributed by atoms with van der Waals surface area (Å²) < 4.78 is 12.6. The summed E-state index contributed by atoms with van der Waals surface area (Å²) in [4.78, 5) is 26.1. The number of fused-ring (bicyclic) bond motifs is 3. The molecule has 0 N–H and O–H groups in total. The Hall–Kier alpha value is -3.92. The number of carbonyl (C=O) groups excluding carboxylic acids is 2. The van der Waals surface area contributed by atoms with Crippen molar-refractivity contribution in [2.75, 3.05) is 0 Å². The minimum absolute atomic E-state index is 0.0257. The third kappa shape index (κ3) is 3.56. The fourth-order valence-electron chi connectivity index (χ4n) is 5.13. The van der Waals surface area contributed by atoms with Crippen LogP contribution < -0.4 is 9.47 Å². The lowest BCUT2D eigenvalue weighted by molar-refractivity contribution is 0.0757. The van der Waals surface area contributed by atoms with Crippen LogP contribution in [-0.2, 0) is 12.8 Å². The molecule has 4 heteroatoms. The van der Waals surface area contributed by atoms with Crippen molar-refractivity contribution in [2.45, 2.75) is 37.9 Å². The van der Waals surface area contributed by atoms with Crippen molar-refractivity contribution < 1.29 is 19.1 Å². The Balaban J connectivity index is 1.28. The molecule has 2 aliphatic rings. The van der Waals surface area contributed by atoms with Gasteiger partial charge in [0.2, 0.25) is 11.6 Å². The molecule has 0 amide bonds. The van der Waals surface area contributed by atoms with E-state index in [1.807, 2.05) is 84.9 Å². The molecule has 0 radical (unpaired) electrons. The van der Waals surface area contributed by atoms with Gasteiger partial charge < -0.3 is 9.47 Å². The number of aryl methyl sites for hydroxylation is 2. The molecule has 34 heavy (non-hydrogen) atoms. The molecule has 2 atom stereocenters. The molecule has 0 heterocycles. The zero-order valence-corrected chi connectivity index (χ0v) is 18.7. The second-order valence-electron chi connectivity index (χ2n) is 8.94. The van der Waals surface area contributed by atoms with Crippen molar-refractivity contribution in [1.82, 2.24) is 0 Å². The first kappa shape index (κ1) is 20.7. The van der Waals surface area contributed by atoms with Crippen molar-refractivity contribution in [3.05, 3.63) is 107 Å². The van der Waals surface area contributed by atoms with E-state index in [2.05, 4.69) is 0 Å². The quantitative estimate of drug-likeness (QED) is 0.385. The van der Waals surface area contributed by atoms with Gasteiger partial charge in [-0.1, -0.05) is 72.8 Å². The highest BCUT2D eigenvalue weighted by Gasteiger charge is 2.30. The fraction of sp³-hybridized carbons (Fsp3) is 0.200. The predicted octanol–water partition coefficient (Wildman–Crippen LogP) is 5.99. The van der Waals surface area contributed by atoms with E-state index >= 15 is 0 Å². The van der Waals surface area contributed by atoms with E-state index in [4.69, 9.17) is 9.47 Å². The fourth-order valence-corrected chi connectivity index (χ4v) is 5.13. The first-order chi connectivity index (χ1) is 16.7. The Bertz CT molecular complexity index is 1310. The second-order valence-corrected chi connectivity index (χ2v) is 8.94. The van der Waals surface area contributed by atoms with Crippen LogP contribution in [0.1, 0.15) is 44.7 Å². The average molecular weight is 449 g/mol. The van der Waals surface area contributed by atoms with Gasteiger partial charge in [0.1, 0.15) is 11.5 Å². The number of hydrogen-bond donors (Lipinski definition) is 0. The first-order valence-corrected chi connectivity index (χ1v) is 11.8. The maximum absolute atomic E-state index is 13.0. The summed E-state index contributed by atoms with van der Waals surface area (Å²) in [5, 5.41) is 1.74. The topological polar surface area (TPSA) is 52.6 Å². The van der Waals surface area contributed by atoms with Gasteiger partial charge in [0.05, 0.1) is 0 Å². The minimum Gasteiger partial charge on any atom is -0.482 e. The maximum Gasteiger partial charge on any atom is 0.203 e. The molecule has 2 aliphatic carbocycles. The van der Waals surface area contributed by atoms with Gasteiger partial charge in [-0.25, -0.2) is 0 Å². The number of benzene rings is 4. The lowest BCUT2D eigenvalue weighted by Crippen LogP contribution is -2.33. The number of ether oxygens (including phenoxy) is 2. The van der Waals surface area contributed by atoms with E-state index in [0.717, 1.165) is 45.9 Å². The summed E-state index contributed by atoms with van der Waals surface area (Å²) in [6.07, 6.45) is 1.91. The Kier molecular flexibility index (Phi) is 5.14. The van der Waals surface area contributed by atoms with Crippen molar-refractivity contribution in [3.8, 4) is 11.5 Å². The molecule has 0 bridgehead atoms. The number of carbonyl (C=O) groups is 2. The van der Waals surface area contributed by atoms with Crippen molar-refractivity contribution in [2.24, 2.45) is 0 Å². The summed E-state index contributed by atoms with van der Waals surface area (Å²) in [6.45, 7) is 0. The molecule has 4 nitrogen and oxygen atoms in total. The van der Waals surface area contributed by atoms with Crippen LogP contribution in [0, 0.1) is 0 Å². The van der Waals surface area contributed by atoms with Gasteiger partial charge in [-0.05, 0) is 48.9 Å². The monoisotopic (exact) mass is 448 g/mol. The van der Waals surface area contributed by atoms with Crippen molar-refractivity contribution in [1.29, 1.82) is 0 Å². The summed E-state index contributed by atoms with van der Waals surface area (Å²) in [5.41, 5.74) is 3.66. The molecule has 6 rings (SSSR count). The van der Waals surface area contributed by atoms with Crippen LogP contribution in [0.5, 0.6) is 11.5 Å². The van der Waals surface area contributed by atoms with Crippen molar-refractivity contribution >= 4 is 22.3 Å². The molecular formula is C30H24O4. The molecule has 4 aromatic rings. The van der Waals surface area contributed by atoms with Gasteiger partial charge in [-0.3, -0.25) is 9.59 Å². The van der Waals surface area contributed by atoms with E-state index in [-0.39, 0.29) is 11.6 Å². The highest BCUT2D eigenvalue weighted by Crippen LogP contribution is 2.36. The van der Waals surface area contributed by atoms with Crippen LogP contribution in [0.4, 0.5) is 0 Å². The standard InChI is InChI=1S/C30H24O4/c31-29-21-9-3-1-7-19(21)15-17-27(29)33-25-13-5-12-24-23(25)11-6-14-26(24)34-28-18-16-20-8-2-4-10-22(20)30(28)32/h1-14,27-28H,15-18H2. The van der Waals surface area contributed by atoms with Crippen LogP contribution in [0.25, 0.3) is 10.8 Å². The van der Waals surface area contributed by atoms with Crippen LogP contribution in [-0.4, -0.2) is 23.8 Å². The summed E-state index contributed by atoms with van der Waals surface area (Å²) in [5.74, 6) is 1.36. The van der Waals surface area contributed by atoms with Gasteiger partial charge in [-0.2, -0.15) is 0 Å². The Morgan fingerprint density at radius 3 is 1.44 bits per heavy atom. The van der Waals surface area contributed by atoms with E-state index in [9.17, 15) is 9.59 Å². The molecule has 0 aliphatic heterocycles. The summed E-state index contributed by atoms with van der Waals surface area (Å²) in [6, 6.07) is 27.0. The lowest BCUT2D eigenvalue weighted by atomic mass is 9.88. The third-order valence-corrected chi connectivity index (χ3v) is 6.88. The van der Waals surface area contributed by atoms with E-state index in [1.54, 1.807) is 0 Å². The predicted molar refractivity (Wildman–Crippen MR) is 131 cm³/mol. The Morgan fingerprint density at radius 2 is 0.971 bits per heavy atom. The smallest absolute Gasteiger partial charge is 0.203 e. The Labute approximate surface area is 198 Å². The minimum atomic E-state index is -0.513. The SMILES string of the molecule is O=C1c2ccccc2CCC1Oc1cccc2c(OC3CCc4ccccc4C3=O)cccc12. The molecule has 0 spiro atoms.